The Morgan fingerprint density at radius 2 is 1.71 bits per heavy atom. The fourth-order valence-corrected chi connectivity index (χ4v) is 6.33. The Morgan fingerprint density at radius 1 is 0.956 bits per heavy atom. The van der Waals surface area contributed by atoms with Crippen molar-refractivity contribution in [2.75, 3.05) is 20.3 Å². The average molecular weight is 611 g/mol. The number of carbonyl (C=O) groups is 1. The minimum absolute atomic E-state index is 0.0497. The van der Waals surface area contributed by atoms with E-state index in [-0.39, 0.29) is 5.97 Å². The molecule has 0 saturated carbocycles. The van der Waals surface area contributed by atoms with Crippen LogP contribution in [0.1, 0.15) is 99.2 Å². The minimum Gasteiger partial charge on any atom is -0.415 e. The van der Waals surface area contributed by atoms with Crippen molar-refractivity contribution in [1.82, 2.24) is 9.55 Å². The third-order valence-electron chi connectivity index (χ3n) is 9.04. The smallest absolute Gasteiger partial charge is 0.310 e. The number of hydrogen-bond donors (Lipinski definition) is 0. The zero-order chi connectivity index (χ0) is 31.9. The van der Waals surface area contributed by atoms with E-state index in [1.165, 1.54) is 52.5 Å². The van der Waals surface area contributed by atoms with Crippen LogP contribution in [0.25, 0.3) is 10.9 Å². The van der Waals surface area contributed by atoms with E-state index in [4.69, 9.17) is 4.74 Å². The van der Waals surface area contributed by atoms with Gasteiger partial charge in [0, 0.05) is 53.4 Å². The van der Waals surface area contributed by atoms with Crippen LogP contribution in [0.5, 0.6) is 0 Å². The number of carbonyl (C=O) groups excluding carboxylic acids is 1. The highest BCUT2D eigenvalue weighted by Crippen LogP contribution is 2.34. The molecule has 0 radical (unpaired) electrons. The van der Waals surface area contributed by atoms with Crippen LogP contribution in [0.15, 0.2) is 73.0 Å². The van der Waals surface area contributed by atoms with Crippen molar-refractivity contribution in [2.24, 2.45) is 0 Å². The van der Waals surface area contributed by atoms with Crippen molar-refractivity contribution in [3.8, 4) is 0 Å². The second-order valence-electron chi connectivity index (χ2n) is 13.2. The number of unbranched alkanes of at least 4 members (excludes halogenated alkanes) is 5. The summed E-state index contributed by atoms with van der Waals surface area (Å²) < 4.78 is 9.15. The monoisotopic (exact) mass is 610 g/mol. The van der Waals surface area contributed by atoms with Crippen molar-refractivity contribution < 1.29 is 14.0 Å². The fraction of sp³-hybridized carbons (Fsp3) is 0.500. The maximum absolute atomic E-state index is 12.6. The van der Waals surface area contributed by atoms with Gasteiger partial charge >= 0.3 is 5.97 Å². The summed E-state index contributed by atoms with van der Waals surface area (Å²) in [6.45, 7) is 9.63. The second-order valence-corrected chi connectivity index (χ2v) is 13.2. The number of benzene rings is 1. The fourth-order valence-electron chi connectivity index (χ4n) is 6.33. The number of rotatable bonds is 18. The normalized spacial score (nSPS) is 16.8. The van der Waals surface area contributed by atoms with Crippen LogP contribution < -0.4 is 0 Å². The molecule has 0 bridgehead atoms. The largest absolute Gasteiger partial charge is 0.415 e. The third-order valence-corrected chi connectivity index (χ3v) is 9.04. The molecule has 242 valence electrons. The Hall–Kier alpha value is -3.44. The van der Waals surface area contributed by atoms with Crippen molar-refractivity contribution >= 4 is 16.9 Å². The molecule has 0 N–H and O–H groups in total. The number of nitrogens with zero attached hydrogens (tertiary/aromatic N) is 3. The van der Waals surface area contributed by atoms with Crippen molar-refractivity contribution in [3.05, 3.63) is 101 Å². The molecule has 0 fully saturated rings. The number of hydrogen-bond acceptors (Lipinski definition) is 3. The lowest BCUT2D eigenvalue weighted by Gasteiger charge is -2.37. The third kappa shape index (κ3) is 10.8. The Morgan fingerprint density at radius 3 is 2.49 bits per heavy atom. The van der Waals surface area contributed by atoms with E-state index >= 15 is 0 Å². The number of allylic oxidation sites excluding steroid dienone is 6. The highest BCUT2D eigenvalue weighted by atomic mass is 16.5. The standard InChI is InChI=1S/C40H56N3O2/c1-5-6-7-8-9-10-11-12-13-14-15-16-17-18-19-20-40(44)45-32-43(4)28-26-39-37(31-43)36-29-33(2)21-24-38(36)42(39)27-25-35-23-22-34(3)41-30-35/h6-7,9-10,12-13,21-24,29-30H,5,8,11,14-20,25-28,31-32H2,1-4H3/q+1/b7-6+,10-9+,13-12+. The summed E-state index contributed by atoms with van der Waals surface area (Å²) >= 11 is 0. The summed E-state index contributed by atoms with van der Waals surface area (Å²) in [5, 5.41) is 1.35. The van der Waals surface area contributed by atoms with Gasteiger partial charge in [-0.2, -0.15) is 0 Å². The summed E-state index contributed by atoms with van der Waals surface area (Å²) in [6, 6.07) is 11.1. The number of quaternary nitrogens is 1. The molecule has 4 rings (SSSR count). The quantitative estimate of drug-likeness (QED) is 0.0624. The topological polar surface area (TPSA) is 44.1 Å². The van der Waals surface area contributed by atoms with Crippen molar-refractivity contribution in [1.29, 1.82) is 0 Å². The van der Waals surface area contributed by atoms with E-state index in [1.54, 1.807) is 0 Å². The molecule has 1 atom stereocenters. The summed E-state index contributed by atoms with van der Waals surface area (Å²) in [5.74, 6) is -0.0497. The Bertz CT molecular complexity index is 1450. The molecule has 1 aromatic carbocycles. The maximum atomic E-state index is 12.6. The molecule has 1 aliphatic rings. The van der Waals surface area contributed by atoms with Gasteiger partial charge in [-0.25, -0.2) is 0 Å². The molecular formula is C40H56N3O2+. The molecule has 3 heterocycles. The zero-order valence-corrected chi connectivity index (χ0v) is 28.4. The molecule has 5 nitrogen and oxygen atoms in total. The van der Waals surface area contributed by atoms with Crippen LogP contribution in [0, 0.1) is 13.8 Å². The van der Waals surface area contributed by atoms with Gasteiger partial charge in [-0.05, 0) is 82.6 Å². The molecule has 5 heteroatoms. The van der Waals surface area contributed by atoms with E-state index in [9.17, 15) is 4.79 Å². The van der Waals surface area contributed by atoms with Crippen LogP contribution in [0.3, 0.4) is 0 Å². The Labute approximate surface area is 272 Å². The molecule has 1 unspecified atom stereocenters. The number of ether oxygens (including phenoxy) is 1. The molecule has 2 aromatic heterocycles. The number of esters is 1. The first-order chi connectivity index (χ1) is 21.9. The van der Waals surface area contributed by atoms with Crippen molar-refractivity contribution in [3.63, 3.8) is 0 Å². The van der Waals surface area contributed by atoms with Gasteiger partial charge in [0.2, 0.25) is 6.73 Å². The number of aromatic nitrogens is 2. The summed E-state index contributed by atoms with van der Waals surface area (Å²) in [6.07, 6.45) is 27.9. The highest BCUT2D eigenvalue weighted by molar-refractivity contribution is 5.86. The lowest BCUT2D eigenvalue weighted by atomic mass is 10.0. The Balaban J connectivity index is 1.17. The van der Waals surface area contributed by atoms with Crippen LogP contribution in [0.2, 0.25) is 0 Å². The first kappa shape index (κ1) is 34.4. The van der Waals surface area contributed by atoms with Crippen LogP contribution >= 0.6 is 0 Å². The van der Waals surface area contributed by atoms with Gasteiger partial charge in [0.25, 0.3) is 0 Å². The van der Waals surface area contributed by atoms with Gasteiger partial charge < -0.3 is 9.30 Å². The number of likely N-dealkylation sites (N-methyl/N-ethyl adjacent to an activating group) is 1. The minimum atomic E-state index is -0.0497. The number of pyridine rings is 1. The van der Waals surface area contributed by atoms with E-state index in [0.717, 1.165) is 81.2 Å². The molecule has 0 amide bonds. The van der Waals surface area contributed by atoms with Gasteiger partial charge in [0.15, 0.2) is 0 Å². The summed E-state index contributed by atoms with van der Waals surface area (Å²) in [4.78, 5) is 17.1. The van der Waals surface area contributed by atoms with Gasteiger partial charge in [0.1, 0.15) is 6.54 Å². The number of fused-ring (bicyclic) bond motifs is 3. The zero-order valence-electron chi connectivity index (χ0n) is 28.4. The molecular weight excluding hydrogens is 554 g/mol. The first-order valence-electron chi connectivity index (χ1n) is 17.3. The predicted octanol–water partition coefficient (Wildman–Crippen LogP) is 9.49. The summed E-state index contributed by atoms with van der Waals surface area (Å²) in [7, 11) is 2.24. The molecule has 1 aliphatic heterocycles. The Kier molecular flexibility index (Phi) is 13.7. The van der Waals surface area contributed by atoms with Crippen LogP contribution in [-0.4, -0.2) is 40.3 Å². The van der Waals surface area contributed by atoms with Gasteiger partial charge in [0.05, 0.1) is 13.6 Å². The lowest BCUT2D eigenvalue weighted by Crippen LogP contribution is -2.49. The van der Waals surface area contributed by atoms with Crippen molar-refractivity contribution in [2.45, 2.75) is 111 Å². The van der Waals surface area contributed by atoms with E-state index in [2.05, 4.69) is 97.2 Å². The molecule has 0 spiro atoms. The predicted molar refractivity (Wildman–Crippen MR) is 188 cm³/mol. The van der Waals surface area contributed by atoms with E-state index < -0.39 is 0 Å². The second kappa shape index (κ2) is 17.9. The lowest BCUT2D eigenvalue weighted by molar-refractivity contribution is -0.940. The molecule has 45 heavy (non-hydrogen) atoms. The van der Waals surface area contributed by atoms with Gasteiger partial charge in [-0.15, -0.1) is 0 Å². The number of aryl methyl sites for hydroxylation is 4. The first-order valence-corrected chi connectivity index (χ1v) is 17.3. The molecule has 0 aliphatic carbocycles. The van der Waals surface area contributed by atoms with E-state index in [1.807, 2.05) is 13.1 Å². The van der Waals surface area contributed by atoms with Gasteiger partial charge in [-0.3, -0.25) is 14.3 Å². The molecule has 3 aromatic rings. The average Bonchev–Trinajstić information content (AvgIpc) is 3.33. The van der Waals surface area contributed by atoms with Gasteiger partial charge in [-0.1, -0.05) is 80.3 Å². The SMILES string of the molecule is CC/C=C/C/C=C/C/C=C/CCCCCCCC(=O)OC[N+]1(C)CCc2c(c3cc(C)ccc3n2CCc2ccc(C)nc2)C1. The van der Waals surface area contributed by atoms with Crippen LogP contribution in [0.4, 0.5) is 0 Å². The maximum Gasteiger partial charge on any atom is 0.310 e. The summed E-state index contributed by atoms with van der Waals surface area (Å²) in [5.41, 5.74) is 7.80. The van der Waals surface area contributed by atoms with E-state index in [0.29, 0.717) is 13.2 Å². The molecule has 0 saturated heterocycles. The highest BCUT2D eigenvalue weighted by Gasteiger charge is 2.34. The van der Waals surface area contributed by atoms with Crippen LogP contribution in [-0.2, 0) is 35.5 Å².